The van der Waals surface area contributed by atoms with Crippen molar-refractivity contribution >= 4 is 5.97 Å². The highest BCUT2D eigenvalue weighted by atomic mass is 16.5. The molecular formula is C19H17NO5. The minimum Gasteiger partial charge on any atom is -0.492 e. The summed E-state index contributed by atoms with van der Waals surface area (Å²) in [6.07, 6.45) is 0. The van der Waals surface area contributed by atoms with Gasteiger partial charge in [0.2, 0.25) is 0 Å². The average molecular weight is 339 g/mol. The molecule has 0 spiro atoms. The molecule has 0 radical (unpaired) electrons. The Morgan fingerprint density at radius 3 is 2.28 bits per heavy atom. The average Bonchev–Trinajstić information content (AvgIpc) is 3.06. The molecule has 0 atom stereocenters. The van der Waals surface area contributed by atoms with Crippen molar-refractivity contribution < 1.29 is 23.9 Å². The molecule has 0 amide bonds. The van der Waals surface area contributed by atoms with Crippen LogP contribution in [0.1, 0.15) is 16.1 Å². The smallest absolute Gasteiger partial charge is 0.336 e. The number of aromatic nitrogens is 1. The van der Waals surface area contributed by atoms with E-state index in [0.29, 0.717) is 28.3 Å². The normalized spacial score (nSPS) is 10.5. The Morgan fingerprint density at radius 2 is 1.76 bits per heavy atom. The van der Waals surface area contributed by atoms with Gasteiger partial charge in [-0.1, -0.05) is 35.5 Å². The van der Waals surface area contributed by atoms with Crippen LogP contribution in [-0.2, 0) is 0 Å². The lowest BCUT2D eigenvalue weighted by Gasteiger charge is -2.18. The number of hydrogen-bond acceptors (Lipinski definition) is 5. The number of aryl methyl sites for hydroxylation is 1. The maximum Gasteiger partial charge on any atom is 0.336 e. The van der Waals surface area contributed by atoms with E-state index in [2.05, 4.69) is 5.16 Å². The second-order valence-corrected chi connectivity index (χ2v) is 5.42. The summed E-state index contributed by atoms with van der Waals surface area (Å²) in [5, 5.41) is 13.6. The lowest BCUT2D eigenvalue weighted by Crippen LogP contribution is -2.05. The first-order chi connectivity index (χ1) is 12.1. The van der Waals surface area contributed by atoms with Crippen molar-refractivity contribution in [3.05, 3.63) is 53.7 Å². The van der Waals surface area contributed by atoms with Gasteiger partial charge in [-0.2, -0.15) is 0 Å². The molecule has 0 aliphatic carbocycles. The monoisotopic (exact) mass is 339 g/mol. The summed E-state index contributed by atoms with van der Waals surface area (Å²) < 4.78 is 16.3. The van der Waals surface area contributed by atoms with Gasteiger partial charge in [0.15, 0.2) is 17.3 Å². The van der Waals surface area contributed by atoms with E-state index in [-0.39, 0.29) is 11.3 Å². The fraction of sp³-hybridized carbons (Fsp3) is 0.158. The third-order valence-corrected chi connectivity index (χ3v) is 3.83. The van der Waals surface area contributed by atoms with Gasteiger partial charge >= 0.3 is 5.97 Å². The second kappa shape index (κ2) is 6.68. The number of benzene rings is 2. The molecule has 0 unspecified atom stereocenters. The largest absolute Gasteiger partial charge is 0.492 e. The Bertz CT molecular complexity index is 915. The molecule has 128 valence electrons. The van der Waals surface area contributed by atoms with Gasteiger partial charge in [0, 0.05) is 11.6 Å². The zero-order valence-corrected chi connectivity index (χ0v) is 14.1. The number of aromatic carboxylic acids is 1. The molecule has 25 heavy (non-hydrogen) atoms. The minimum absolute atomic E-state index is 0.0488. The number of ether oxygens (including phenoxy) is 2. The van der Waals surface area contributed by atoms with E-state index in [9.17, 15) is 9.90 Å². The summed E-state index contributed by atoms with van der Waals surface area (Å²) in [6.45, 7) is 1.76. The van der Waals surface area contributed by atoms with E-state index < -0.39 is 5.97 Å². The Labute approximate surface area is 144 Å². The number of carboxylic acid groups (broad SMARTS) is 1. The molecule has 0 fully saturated rings. The van der Waals surface area contributed by atoms with Crippen LogP contribution in [0.15, 0.2) is 47.0 Å². The molecule has 0 saturated carbocycles. The third-order valence-electron chi connectivity index (χ3n) is 3.83. The topological polar surface area (TPSA) is 81.8 Å². The first-order valence-electron chi connectivity index (χ1n) is 7.58. The highest BCUT2D eigenvalue weighted by molar-refractivity contribution is 6.01. The van der Waals surface area contributed by atoms with Crippen LogP contribution in [0.4, 0.5) is 0 Å². The molecule has 0 saturated heterocycles. The van der Waals surface area contributed by atoms with Crippen molar-refractivity contribution in [3.8, 4) is 33.9 Å². The fourth-order valence-electron chi connectivity index (χ4n) is 2.76. The van der Waals surface area contributed by atoms with Gasteiger partial charge in [-0.15, -0.1) is 0 Å². The van der Waals surface area contributed by atoms with Gasteiger partial charge in [0.05, 0.1) is 31.0 Å². The van der Waals surface area contributed by atoms with Crippen LogP contribution in [0.3, 0.4) is 0 Å². The molecule has 1 aromatic heterocycles. The fourth-order valence-corrected chi connectivity index (χ4v) is 2.76. The second-order valence-electron chi connectivity index (χ2n) is 5.42. The van der Waals surface area contributed by atoms with Crippen LogP contribution in [0.25, 0.3) is 22.5 Å². The minimum atomic E-state index is -1.10. The predicted molar refractivity (Wildman–Crippen MR) is 92.2 cm³/mol. The highest BCUT2D eigenvalue weighted by Gasteiger charge is 2.27. The SMILES string of the molecule is COc1c(-c2ccccc2)cc(C(=O)O)c(-c2cc(C)no2)c1OC. The van der Waals surface area contributed by atoms with Gasteiger partial charge in [-0.05, 0) is 18.6 Å². The van der Waals surface area contributed by atoms with E-state index in [1.54, 1.807) is 19.1 Å². The Morgan fingerprint density at radius 1 is 1.08 bits per heavy atom. The predicted octanol–water partition coefficient (Wildman–Crippen LogP) is 4.03. The third kappa shape index (κ3) is 2.94. The van der Waals surface area contributed by atoms with E-state index in [1.165, 1.54) is 14.2 Å². The summed E-state index contributed by atoms with van der Waals surface area (Å²) in [5.41, 5.74) is 2.43. The van der Waals surface area contributed by atoms with Crippen molar-refractivity contribution in [2.45, 2.75) is 6.92 Å². The van der Waals surface area contributed by atoms with E-state index in [0.717, 1.165) is 5.56 Å². The van der Waals surface area contributed by atoms with Crippen molar-refractivity contribution in [1.29, 1.82) is 0 Å². The van der Waals surface area contributed by atoms with Gasteiger partial charge in [-0.25, -0.2) is 4.79 Å². The maximum atomic E-state index is 11.9. The number of hydrogen-bond donors (Lipinski definition) is 1. The number of carboxylic acids is 1. The van der Waals surface area contributed by atoms with Crippen LogP contribution in [-0.4, -0.2) is 30.5 Å². The summed E-state index contributed by atoms with van der Waals surface area (Å²) in [5.74, 6) is -0.0630. The lowest BCUT2D eigenvalue weighted by atomic mass is 9.95. The lowest BCUT2D eigenvalue weighted by molar-refractivity contribution is 0.0697. The van der Waals surface area contributed by atoms with Crippen molar-refractivity contribution in [2.75, 3.05) is 14.2 Å². The summed E-state index contributed by atoms with van der Waals surface area (Å²) >= 11 is 0. The van der Waals surface area contributed by atoms with Crippen molar-refractivity contribution in [1.82, 2.24) is 5.16 Å². The zero-order valence-electron chi connectivity index (χ0n) is 14.1. The van der Waals surface area contributed by atoms with Crippen LogP contribution in [0.2, 0.25) is 0 Å². The quantitative estimate of drug-likeness (QED) is 0.756. The molecule has 1 N–H and O–H groups in total. The highest BCUT2D eigenvalue weighted by Crippen LogP contribution is 2.47. The van der Waals surface area contributed by atoms with Gasteiger partial charge in [0.25, 0.3) is 0 Å². The zero-order chi connectivity index (χ0) is 18.0. The molecule has 6 nitrogen and oxygen atoms in total. The van der Waals surface area contributed by atoms with Crippen LogP contribution >= 0.6 is 0 Å². The molecule has 3 aromatic rings. The van der Waals surface area contributed by atoms with Gasteiger partial charge < -0.3 is 19.1 Å². The molecule has 3 rings (SSSR count). The molecule has 0 aliphatic rings. The number of nitrogens with zero attached hydrogens (tertiary/aromatic N) is 1. The van der Waals surface area contributed by atoms with Gasteiger partial charge in [-0.3, -0.25) is 0 Å². The molecule has 0 aliphatic heterocycles. The standard InChI is InChI=1S/C19H17NO5/c1-11-9-15(25-20-11)16-14(19(21)22)10-13(12-7-5-4-6-8-12)17(23-2)18(16)24-3/h4-10H,1-3H3,(H,21,22). The first kappa shape index (κ1) is 16.6. The summed E-state index contributed by atoms with van der Waals surface area (Å²) in [6, 6.07) is 12.6. The van der Waals surface area contributed by atoms with E-state index >= 15 is 0 Å². The van der Waals surface area contributed by atoms with Crippen LogP contribution in [0.5, 0.6) is 11.5 Å². The summed E-state index contributed by atoms with van der Waals surface area (Å²) in [4.78, 5) is 11.9. The van der Waals surface area contributed by atoms with E-state index in [4.69, 9.17) is 14.0 Å². The Hall–Kier alpha value is -3.28. The number of carbonyl (C=O) groups is 1. The maximum absolute atomic E-state index is 11.9. The van der Waals surface area contributed by atoms with Crippen LogP contribution in [0, 0.1) is 6.92 Å². The van der Waals surface area contributed by atoms with Crippen LogP contribution < -0.4 is 9.47 Å². The number of rotatable bonds is 5. The number of methoxy groups -OCH3 is 2. The Kier molecular flexibility index (Phi) is 4.43. The molecular weight excluding hydrogens is 322 g/mol. The van der Waals surface area contributed by atoms with E-state index in [1.807, 2.05) is 30.3 Å². The molecule has 2 aromatic carbocycles. The molecule has 6 heteroatoms. The summed E-state index contributed by atoms with van der Waals surface area (Å²) in [7, 11) is 2.98. The Balaban J connectivity index is 2.38. The molecule has 1 heterocycles. The van der Waals surface area contributed by atoms with Crippen molar-refractivity contribution in [2.24, 2.45) is 0 Å². The first-order valence-corrected chi connectivity index (χ1v) is 7.58. The molecule has 0 bridgehead atoms. The van der Waals surface area contributed by atoms with Gasteiger partial charge in [0.1, 0.15) is 0 Å². The van der Waals surface area contributed by atoms with Crippen molar-refractivity contribution in [3.63, 3.8) is 0 Å².